The summed E-state index contributed by atoms with van der Waals surface area (Å²) < 4.78 is 5.37. The van der Waals surface area contributed by atoms with Gasteiger partial charge in [0.05, 0.1) is 0 Å². The molecule has 1 saturated carbocycles. The smallest absolute Gasteiger partial charge is 0.227 e. The third kappa shape index (κ3) is 4.42. The first kappa shape index (κ1) is 17.1. The number of rotatable bonds is 7. The van der Waals surface area contributed by atoms with Gasteiger partial charge in [0.2, 0.25) is 11.7 Å². The lowest BCUT2D eigenvalue weighted by Gasteiger charge is -2.34. The van der Waals surface area contributed by atoms with Gasteiger partial charge in [-0.3, -0.25) is 0 Å². The van der Waals surface area contributed by atoms with Crippen LogP contribution in [0.3, 0.4) is 0 Å². The van der Waals surface area contributed by atoms with E-state index in [1.807, 2.05) is 30.3 Å². The summed E-state index contributed by atoms with van der Waals surface area (Å²) in [6.07, 6.45) is 6.52. The predicted octanol–water partition coefficient (Wildman–Crippen LogP) is 3.15. The van der Waals surface area contributed by atoms with Gasteiger partial charge in [-0.05, 0) is 51.6 Å². The molecule has 1 aromatic heterocycles. The minimum absolute atomic E-state index is 0.345. The Kier molecular flexibility index (Phi) is 5.99. The van der Waals surface area contributed by atoms with Gasteiger partial charge in [-0.2, -0.15) is 4.98 Å². The highest BCUT2D eigenvalue weighted by Crippen LogP contribution is 2.26. The summed E-state index contributed by atoms with van der Waals surface area (Å²) in [5, 5.41) is 13.3. The highest BCUT2D eigenvalue weighted by molar-refractivity contribution is 5.53. The summed E-state index contributed by atoms with van der Waals surface area (Å²) in [5.74, 6) is 1.90. The maximum atomic E-state index is 9.23. The summed E-state index contributed by atoms with van der Waals surface area (Å²) in [4.78, 5) is 6.93. The van der Waals surface area contributed by atoms with Gasteiger partial charge < -0.3 is 14.5 Å². The largest absolute Gasteiger partial charge is 0.396 e. The molecule has 0 unspecified atom stereocenters. The Hall–Kier alpha value is -1.72. The van der Waals surface area contributed by atoms with Gasteiger partial charge in [-0.25, -0.2) is 0 Å². The topological polar surface area (TPSA) is 62.4 Å². The van der Waals surface area contributed by atoms with E-state index in [-0.39, 0.29) is 0 Å². The monoisotopic (exact) mass is 329 g/mol. The molecule has 24 heavy (non-hydrogen) atoms. The molecule has 2 aromatic rings. The van der Waals surface area contributed by atoms with Gasteiger partial charge in [0.15, 0.2) is 0 Å². The third-order valence-corrected chi connectivity index (χ3v) is 5.10. The van der Waals surface area contributed by atoms with Crippen molar-refractivity contribution in [1.82, 2.24) is 15.0 Å². The van der Waals surface area contributed by atoms with E-state index in [0.29, 0.717) is 30.3 Å². The van der Waals surface area contributed by atoms with Gasteiger partial charge in [0, 0.05) is 24.6 Å². The molecule has 0 saturated heterocycles. The maximum absolute atomic E-state index is 9.23. The van der Waals surface area contributed by atoms with Crippen LogP contribution in [0.25, 0.3) is 11.4 Å². The van der Waals surface area contributed by atoms with Gasteiger partial charge in [0.25, 0.3) is 0 Å². The number of hydrogen-bond acceptors (Lipinski definition) is 5. The van der Waals surface area contributed by atoms with Gasteiger partial charge in [-0.1, -0.05) is 35.5 Å². The van der Waals surface area contributed by atoms with Crippen LogP contribution < -0.4 is 0 Å². The van der Waals surface area contributed by atoms with Crippen LogP contribution in [-0.4, -0.2) is 46.4 Å². The zero-order chi connectivity index (χ0) is 16.8. The van der Waals surface area contributed by atoms with E-state index in [1.54, 1.807) is 0 Å². The van der Waals surface area contributed by atoms with Gasteiger partial charge >= 0.3 is 0 Å². The average Bonchev–Trinajstić information content (AvgIpc) is 3.11. The van der Waals surface area contributed by atoms with Crippen LogP contribution in [0.1, 0.15) is 38.0 Å². The molecular weight excluding hydrogens is 302 g/mol. The van der Waals surface area contributed by atoms with E-state index < -0.39 is 0 Å². The normalized spacial score (nSPS) is 21.3. The molecule has 1 aliphatic carbocycles. The van der Waals surface area contributed by atoms with Crippen molar-refractivity contribution >= 4 is 0 Å². The number of aliphatic hydroxyl groups is 1. The van der Waals surface area contributed by atoms with E-state index in [1.165, 1.54) is 12.8 Å². The fourth-order valence-corrected chi connectivity index (χ4v) is 3.49. The lowest BCUT2D eigenvalue weighted by Crippen LogP contribution is -2.36. The molecule has 0 bridgehead atoms. The van der Waals surface area contributed by atoms with Gasteiger partial charge in [0.1, 0.15) is 0 Å². The second kappa shape index (κ2) is 8.40. The molecule has 0 aliphatic heterocycles. The number of aryl methyl sites for hydroxylation is 1. The van der Waals surface area contributed by atoms with Crippen molar-refractivity contribution in [2.24, 2.45) is 5.92 Å². The highest BCUT2D eigenvalue weighted by atomic mass is 16.5. The zero-order valence-electron chi connectivity index (χ0n) is 14.4. The Bertz CT molecular complexity index is 606. The zero-order valence-corrected chi connectivity index (χ0v) is 14.4. The summed E-state index contributed by atoms with van der Waals surface area (Å²) >= 11 is 0. The van der Waals surface area contributed by atoms with Crippen LogP contribution in [0, 0.1) is 5.92 Å². The maximum Gasteiger partial charge on any atom is 0.227 e. The number of hydrogen-bond donors (Lipinski definition) is 1. The highest BCUT2D eigenvalue weighted by Gasteiger charge is 2.23. The molecule has 0 atom stereocenters. The third-order valence-electron chi connectivity index (χ3n) is 5.10. The second-order valence-corrected chi connectivity index (χ2v) is 6.82. The van der Waals surface area contributed by atoms with Crippen LogP contribution in [0.5, 0.6) is 0 Å². The first-order chi connectivity index (χ1) is 11.8. The predicted molar refractivity (Wildman–Crippen MR) is 93.5 cm³/mol. The molecule has 130 valence electrons. The van der Waals surface area contributed by atoms with Crippen molar-refractivity contribution in [2.45, 2.75) is 44.6 Å². The standard InChI is InChI=1S/C19H27N3O2/c1-22(17-11-9-15(14-23)10-12-17)13-5-8-18-20-19(21-24-18)16-6-3-2-4-7-16/h2-4,6-7,15,17,23H,5,8-14H2,1H3. The Morgan fingerprint density at radius 2 is 1.92 bits per heavy atom. The fraction of sp³-hybridized carbons (Fsp3) is 0.579. The Morgan fingerprint density at radius 1 is 1.17 bits per heavy atom. The van der Waals surface area contributed by atoms with E-state index in [2.05, 4.69) is 22.1 Å². The van der Waals surface area contributed by atoms with Crippen LogP contribution in [-0.2, 0) is 6.42 Å². The molecule has 1 N–H and O–H groups in total. The molecule has 0 radical (unpaired) electrons. The number of benzene rings is 1. The summed E-state index contributed by atoms with van der Waals surface area (Å²) in [6, 6.07) is 10.6. The van der Waals surface area contributed by atoms with E-state index in [4.69, 9.17) is 4.52 Å². The lowest BCUT2D eigenvalue weighted by molar-refractivity contribution is 0.127. The van der Waals surface area contributed by atoms with Crippen molar-refractivity contribution in [3.8, 4) is 11.4 Å². The lowest BCUT2D eigenvalue weighted by atomic mass is 9.86. The first-order valence-corrected chi connectivity index (χ1v) is 8.95. The Morgan fingerprint density at radius 3 is 2.62 bits per heavy atom. The van der Waals surface area contributed by atoms with Crippen molar-refractivity contribution < 1.29 is 9.63 Å². The Labute approximate surface area is 143 Å². The number of nitrogens with zero attached hydrogens (tertiary/aromatic N) is 3. The summed E-state index contributed by atoms with van der Waals surface area (Å²) in [6.45, 7) is 1.38. The fourth-order valence-electron chi connectivity index (χ4n) is 3.49. The van der Waals surface area contributed by atoms with Crippen molar-refractivity contribution in [3.63, 3.8) is 0 Å². The summed E-state index contributed by atoms with van der Waals surface area (Å²) in [7, 11) is 2.20. The van der Waals surface area contributed by atoms with Crippen molar-refractivity contribution in [2.75, 3.05) is 20.2 Å². The van der Waals surface area contributed by atoms with Crippen LogP contribution in [0.2, 0.25) is 0 Å². The number of aliphatic hydroxyl groups excluding tert-OH is 1. The molecule has 5 nitrogen and oxygen atoms in total. The van der Waals surface area contributed by atoms with Gasteiger partial charge in [-0.15, -0.1) is 0 Å². The molecule has 1 aliphatic rings. The molecule has 5 heteroatoms. The van der Waals surface area contributed by atoms with Crippen LogP contribution in [0.15, 0.2) is 34.9 Å². The molecule has 1 aromatic carbocycles. The number of aromatic nitrogens is 2. The molecule has 3 rings (SSSR count). The quantitative estimate of drug-likeness (QED) is 0.845. The van der Waals surface area contributed by atoms with Crippen molar-refractivity contribution in [1.29, 1.82) is 0 Å². The SMILES string of the molecule is CN(CCCc1nc(-c2ccccc2)no1)C1CCC(CO)CC1. The second-order valence-electron chi connectivity index (χ2n) is 6.82. The molecule has 0 spiro atoms. The van der Waals surface area contributed by atoms with E-state index in [0.717, 1.165) is 37.8 Å². The van der Waals surface area contributed by atoms with E-state index >= 15 is 0 Å². The van der Waals surface area contributed by atoms with Crippen molar-refractivity contribution in [3.05, 3.63) is 36.2 Å². The Balaban J connectivity index is 1.43. The minimum Gasteiger partial charge on any atom is -0.396 e. The van der Waals surface area contributed by atoms with E-state index in [9.17, 15) is 5.11 Å². The minimum atomic E-state index is 0.345. The average molecular weight is 329 g/mol. The summed E-state index contributed by atoms with van der Waals surface area (Å²) in [5.41, 5.74) is 0.991. The van der Waals surface area contributed by atoms with Crippen LogP contribution >= 0.6 is 0 Å². The first-order valence-electron chi connectivity index (χ1n) is 8.95. The molecule has 1 fully saturated rings. The molecule has 0 amide bonds. The van der Waals surface area contributed by atoms with Crippen LogP contribution in [0.4, 0.5) is 0 Å². The molecule has 1 heterocycles. The molecular formula is C19H27N3O2.